The zero-order valence-corrected chi connectivity index (χ0v) is 9.70. The van der Waals surface area contributed by atoms with Crippen LogP contribution in [-0.2, 0) is 11.2 Å². The van der Waals surface area contributed by atoms with E-state index < -0.39 is 24.5 Å². The van der Waals surface area contributed by atoms with E-state index in [9.17, 15) is 18.0 Å². The highest BCUT2D eigenvalue weighted by Crippen LogP contribution is 2.13. The van der Waals surface area contributed by atoms with Gasteiger partial charge in [-0.3, -0.25) is 4.79 Å². The van der Waals surface area contributed by atoms with Crippen LogP contribution in [0.3, 0.4) is 0 Å². The molecule has 0 saturated carbocycles. The van der Waals surface area contributed by atoms with Gasteiger partial charge in [-0.2, -0.15) is 13.2 Å². The van der Waals surface area contributed by atoms with Gasteiger partial charge in [-0.25, -0.2) is 0 Å². The maximum atomic E-state index is 12.0. The summed E-state index contributed by atoms with van der Waals surface area (Å²) in [5.41, 5.74) is 6.29. The summed E-state index contributed by atoms with van der Waals surface area (Å²) in [5.74, 6) is -1.31. The topological polar surface area (TPSA) is 55.1 Å². The van der Waals surface area contributed by atoms with Crippen LogP contribution in [0, 0.1) is 5.92 Å². The van der Waals surface area contributed by atoms with Crippen molar-refractivity contribution in [3.63, 3.8) is 0 Å². The molecule has 0 aromatic heterocycles. The summed E-state index contributed by atoms with van der Waals surface area (Å²) in [4.78, 5) is 11.5. The summed E-state index contributed by atoms with van der Waals surface area (Å²) in [6.45, 7) is -1.31. The minimum absolute atomic E-state index is 0.0125. The van der Waals surface area contributed by atoms with Crippen LogP contribution in [0.4, 0.5) is 13.2 Å². The first kappa shape index (κ1) is 14.5. The Labute approximate surface area is 103 Å². The molecule has 3 nitrogen and oxygen atoms in total. The van der Waals surface area contributed by atoms with Gasteiger partial charge in [-0.05, 0) is 12.0 Å². The summed E-state index contributed by atoms with van der Waals surface area (Å²) in [7, 11) is 0. The third kappa shape index (κ3) is 5.18. The lowest BCUT2D eigenvalue weighted by Crippen LogP contribution is -2.40. The first-order chi connectivity index (χ1) is 8.42. The first-order valence-corrected chi connectivity index (χ1v) is 5.51. The number of hydrogen-bond acceptors (Lipinski definition) is 2. The highest BCUT2D eigenvalue weighted by molar-refractivity contribution is 5.79. The third-order valence-corrected chi connectivity index (χ3v) is 2.44. The molecule has 0 aliphatic rings. The second kappa shape index (κ2) is 6.39. The molecule has 1 rings (SSSR count). The number of amides is 1. The fraction of sp³-hybridized carbons (Fsp3) is 0.417. The van der Waals surface area contributed by atoms with Crippen molar-refractivity contribution in [2.45, 2.75) is 12.6 Å². The molecule has 1 aromatic rings. The monoisotopic (exact) mass is 260 g/mol. The number of carbonyl (C=O) groups excluding carboxylic acids is 1. The minimum atomic E-state index is -4.40. The minimum Gasteiger partial charge on any atom is -0.347 e. The Kier molecular flexibility index (Phi) is 5.15. The Morgan fingerprint density at radius 3 is 2.39 bits per heavy atom. The van der Waals surface area contributed by atoms with Crippen LogP contribution in [0.1, 0.15) is 5.56 Å². The molecule has 1 unspecified atom stereocenters. The second-order valence-corrected chi connectivity index (χ2v) is 3.96. The highest BCUT2D eigenvalue weighted by Gasteiger charge is 2.29. The van der Waals surface area contributed by atoms with Gasteiger partial charge in [0.1, 0.15) is 6.54 Å². The van der Waals surface area contributed by atoms with E-state index in [1.807, 2.05) is 11.4 Å². The summed E-state index contributed by atoms with van der Waals surface area (Å²) in [6.07, 6.45) is -4.07. The molecule has 0 bridgehead atoms. The SMILES string of the molecule is NCC(Cc1ccccc1)C(=O)NCC(F)(F)F. The average molecular weight is 260 g/mol. The van der Waals surface area contributed by atoms with E-state index in [1.54, 1.807) is 24.3 Å². The number of halogens is 3. The van der Waals surface area contributed by atoms with Gasteiger partial charge in [-0.1, -0.05) is 30.3 Å². The zero-order chi connectivity index (χ0) is 13.6. The van der Waals surface area contributed by atoms with Crippen molar-refractivity contribution in [1.29, 1.82) is 0 Å². The molecule has 1 atom stereocenters. The van der Waals surface area contributed by atoms with E-state index in [2.05, 4.69) is 0 Å². The number of alkyl halides is 3. The molecule has 0 saturated heterocycles. The number of carbonyl (C=O) groups is 1. The predicted molar refractivity (Wildman–Crippen MR) is 61.8 cm³/mol. The number of hydrogen-bond donors (Lipinski definition) is 2. The van der Waals surface area contributed by atoms with E-state index in [0.717, 1.165) is 5.56 Å². The lowest BCUT2D eigenvalue weighted by molar-refractivity contribution is -0.140. The van der Waals surface area contributed by atoms with Gasteiger partial charge in [0.05, 0.1) is 5.92 Å². The van der Waals surface area contributed by atoms with Crippen LogP contribution < -0.4 is 11.1 Å². The van der Waals surface area contributed by atoms with E-state index in [1.165, 1.54) is 0 Å². The van der Waals surface area contributed by atoms with E-state index in [0.29, 0.717) is 6.42 Å². The van der Waals surface area contributed by atoms with Crippen molar-refractivity contribution >= 4 is 5.91 Å². The Morgan fingerprint density at radius 1 is 1.28 bits per heavy atom. The summed E-state index contributed by atoms with van der Waals surface area (Å²) < 4.78 is 35.9. The summed E-state index contributed by atoms with van der Waals surface area (Å²) in [5, 5.41) is 1.85. The van der Waals surface area contributed by atoms with Crippen molar-refractivity contribution in [3.05, 3.63) is 35.9 Å². The van der Waals surface area contributed by atoms with Gasteiger partial charge in [0, 0.05) is 6.54 Å². The molecule has 3 N–H and O–H groups in total. The largest absolute Gasteiger partial charge is 0.405 e. The molecule has 6 heteroatoms. The average Bonchev–Trinajstić information content (AvgIpc) is 2.33. The van der Waals surface area contributed by atoms with E-state index in [-0.39, 0.29) is 6.54 Å². The van der Waals surface area contributed by atoms with Gasteiger partial charge in [0.25, 0.3) is 0 Å². The van der Waals surface area contributed by atoms with Crippen molar-refractivity contribution in [2.24, 2.45) is 11.7 Å². The van der Waals surface area contributed by atoms with Crippen LogP contribution in [0.2, 0.25) is 0 Å². The van der Waals surface area contributed by atoms with Crippen LogP contribution in [-0.4, -0.2) is 25.2 Å². The number of rotatable bonds is 5. The van der Waals surface area contributed by atoms with E-state index in [4.69, 9.17) is 5.73 Å². The predicted octanol–water partition coefficient (Wildman–Crippen LogP) is 1.48. The Hall–Kier alpha value is -1.56. The number of benzene rings is 1. The van der Waals surface area contributed by atoms with Crippen molar-refractivity contribution in [3.8, 4) is 0 Å². The molecule has 0 radical (unpaired) electrons. The maximum Gasteiger partial charge on any atom is 0.405 e. The molecular formula is C12H15F3N2O. The fourth-order valence-corrected chi connectivity index (χ4v) is 1.51. The highest BCUT2D eigenvalue weighted by atomic mass is 19.4. The van der Waals surface area contributed by atoms with Gasteiger partial charge in [-0.15, -0.1) is 0 Å². The standard InChI is InChI=1S/C12H15F3N2O/c13-12(14,15)8-17-11(18)10(7-16)6-9-4-2-1-3-5-9/h1-5,10H,6-8,16H2,(H,17,18). The van der Waals surface area contributed by atoms with Gasteiger partial charge < -0.3 is 11.1 Å². The summed E-state index contributed by atoms with van der Waals surface area (Å²) >= 11 is 0. The number of nitrogens with two attached hydrogens (primary N) is 1. The summed E-state index contributed by atoms with van der Waals surface area (Å²) in [6, 6.07) is 9.04. The number of nitrogens with one attached hydrogen (secondary N) is 1. The molecule has 1 amide bonds. The Balaban J connectivity index is 2.53. The van der Waals surface area contributed by atoms with E-state index >= 15 is 0 Å². The van der Waals surface area contributed by atoms with Crippen molar-refractivity contribution in [1.82, 2.24) is 5.32 Å². The molecule has 0 spiro atoms. The Morgan fingerprint density at radius 2 is 1.89 bits per heavy atom. The Bertz CT molecular complexity index is 379. The van der Waals surface area contributed by atoms with Gasteiger partial charge in [0.15, 0.2) is 0 Å². The molecule has 0 aliphatic carbocycles. The molecule has 0 aliphatic heterocycles. The molecule has 0 heterocycles. The van der Waals surface area contributed by atoms with Crippen molar-refractivity contribution < 1.29 is 18.0 Å². The molecule has 1 aromatic carbocycles. The lowest BCUT2D eigenvalue weighted by atomic mass is 9.98. The molecule has 100 valence electrons. The van der Waals surface area contributed by atoms with Gasteiger partial charge in [0.2, 0.25) is 5.91 Å². The molecule has 18 heavy (non-hydrogen) atoms. The molecular weight excluding hydrogens is 245 g/mol. The fourth-order valence-electron chi connectivity index (χ4n) is 1.51. The van der Waals surface area contributed by atoms with Crippen LogP contribution in [0.15, 0.2) is 30.3 Å². The van der Waals surface area contributed by atoms with Gasteiger partial charge >= 0.3 is 6.18 Å². The normalized spacial score (nSPS) is 13.1. The third-order valence-electron chi connectivity index (χ3n) is 2.44. The smallest absolute Gasteiger partial charge is 0.347 e. The van der Waals surface area contributed by atoms with Crippen molar-refractivity contribution in [2.75, 3.05) is 13.1 Å². The van der Waals surface area contributed by atoms with Crippen LogP contribution in [0.25, 0.3) is 0 Å². The second-order valence-electron chi connectivity index (χ2n) is 3.96. The quantitative estimate of drug-likeness (QED) is 0.842. The first-order valence-electron chi connectivity index (χ1n) is 5.51. The lowest BCUT2D eigenvalue weighted by Gasteiger charge is -2.15. The van der Waals surface area contributed by atoms with Crippen LogP contribution >= 0.6 is 0 Å². The zero-order valence-electron chi connectivity index (χ0n) is 9.70. The maximum absolute atomic E-state index is 12.0. The molecule has 0 fully saturated rings. The van der Waals surface area contributed by atoms with Crippen LogP contribution in [0.5, 0.6) is 0 Å².